The Kier molecular flexibility index (Phi) is 5.32. The lowest BCUT2D eigenvalue weighted by Crippen LogP contribution is -2.34. The molecule has 6 nitrogen and oxygen atoms in total. The van der Waals surface area contributed by atoms with Gasteiger partial charge in [-0.15, -0.1) is 0 Å². The summed E-state index contributed by atoms with van der Waals surface area (Å²) in [6.45, 7) is 3.40. The monoisotopic (exact) mass is 395 g/mol. The van der Waals surface area contributed by atoms with Crippen LogP contribution in [0.4, 0.5) is 4.39 Å². The highest BCUT2D eigenvalue weighted by atomic mass is 19.1. The minimum absolute atomic E-state index is 0.0392. The maximum absolute atomic E-state index is 13.2. The van der Waals surface area contributed by atoms with Gasteiger partial charge in [0.05, 0.1) is 23.9 Å². The van der Waals surface area contributed by atoms with Gasteiger partial charge < -0.3 is 9.80 Å². The lowest BCUT2D eigenvalue weighted by atomic mass is 10.0. The fraction of sp³-hybridized carbons (Fsp3) is 0.409. The van der Waals surface area contributed by atoms with Crippen LogP contribution in [0, 0.1) is 12.7 Å². The maximum atomic E-state index is 13.2. The molecule has 0 N–H and O–H groups in total. The van der Waals surface area contributed by atoms with Gasteiger partial charge in [-0.05, 0) is 51.6 Å². The van der Waals surface area contributed by atoms with E-state index in [1.54, 1.807) is 12.1 Å². The Balaban J connectivity index is 1.69. The van der Waals surface area contributed by atoms with Crippen LogP contribution in [0.1, 0.15) is 41.4 Å². The van der Waals surface area contributed by atoms with Gasteiger partial charge in [-0.1, -0.05) is 12.1 Å². The highest BCUT2D eigenvalue weighted by Crippen LogP contribution is 2.34. The van der Waals surface area contributed by atoms with Gasteiger partial charge in [0.25, 0.3) is 0 Å². The quantitative estimate of drug-likeness (QED) is 0.666. The number of hydrogen-bond acceptors (Lipinski definition) is 4. The van der Waals surface area contributed by atoms with E-state index >= 15 is 0 Å². The van der Waals surface area contributed by atoms with Crippen molar-refractivity contribution in [3.63, 3.8) is 0 Å². The molecule has 1 amide bonds. The van der Waals surface area contributed by atoms with Gasteiger partial charge in [0.15, 0.2) is 5.65 Å². The van der Waals surface area contributed by atoms with Crippen molar-refractivity contribution in [2.24, 2.45) is 0 Å². The standard InChI is InChI=1S/C22H26FN5O/c1-15-11-20-24-13-17(14-26(2)3)22(28(20)25-15)19-5-4-10-27(19)21(29)12-16-6-8-18(23)9-7-16/h6-9,11,13,19H,4-5,10,12,14H2,1-3H3. The maximum Gasteiger partial charge on any atom is 0.227 e. The van der Waals surface area contributed by atoms with E-state index in [1.165, 1.54) is 12.1 Å². The number of carbonyl (C=O) groups excluding carboxylic acids is 1. The molecule has 1 aliphatic heterocycles. The molecule has 0 radical (unpaired) electrons. The molecule has 29 heavy (non-hydrogen) atoms. The molecule has 0 bridgehead atoms. The number of hydrogen-bond donors (Lipinski definition) is 0. The van der Waals surface area contributed by atoms with Crippen molar-refractivity contribution >= 4 is 11.6 Å². The topological polar surface area (TPSA) is 53.7 Å². The first-order valence-corrected chi connectivity index (χ1v) is 9.95. The summed E-state index contributed by atoms with van der Waals surface area (Å²) < 4.78 is 15.1. The van der Waals surface area contributed by atoms with E-state index in [0.717, 1.165) is 54.1 Å². The van der Waals surface area contributed by atoms with E-state index in [-0.39, 0.29) is 24.2 Å². The summed E-state index contributed by atoms with van der Waals surface area (Å²) in [6, 6.07) is 8.08. The molecule has 3 aromatic rings. The largest absolute Gasteiger partial charge is 0.334 e. The second-order valence-corrected chi connectivity index (χ2v) is 8.01. The molecule has 1 saturated heterocycles. The zero-order valence-electron chi connectivity index (χ0n) is 17.1. The van der Waals surface area contributed by atoms with Crippen LogP contribution in [-0.4, -0.2) is 50.9 Å². The molecule has 1 aliphatic rings. The summed E-state index contributed by atoms with van der Waals surface area (Å²) in [5, 5.41) is 4.67. The Bertz CT molecular complexity index is 1030. The van der Waals surface area contributed by atoms with E-state index in [0.29, 0.717) is 0 Å². The van der Waals surface area contributed by atoms with E-state index in [2.05, 4.69) is 15.0 Å². The molecule has 3 heterocycles. The zero-order chi connectivity index (χ0) is 20.5. The van der Waals surface area contributed by atoms with Crippen LogP contribution in [0.3, 0.4) is 0 Å². The van der Waals surface area contributed by atoms with Crippen molar-refractivity contribution in [1.82, 2.24) is 24.4 Å². The van der Waals surface area contributed by atoms with Crippen molar-refractivity contribution in [3.05, 3.63) is 64.9 Å². The van der Waals surface area contributed by atoms with Crippen LogP contribution in [-0.2, 0) is 17.8 Å². The molecular formula is C22H26FN5O. The SMILES string of the molecule is Cc1cc2ncc(CN(C)C)c(C3CCCN3C(=O)Cc3ccc(F)cc3)n2n1. The summed E-state index contributed by atoms with van der Waals surface area (Å²) in [7, 11) is 4.04. The zero-order valence-corrected chi connectivity index (χ0v) is 17.1. The number of halogens is 1. The molecule has 152 valence electrons. The normalized spacial score (nSPS) is 16.9. The molecule has 0 saturated carbocycles. The van der Waals surface area contributed by atoms with Crippen molar-refractivity contribution in [2.75, 3.05) is 20.6 Å². The molecule has 1 fully saturated rings. The van der Waals surface area contributed by atoms with Crippen LogP contribution in [0.2, 0.25) is 0 Å². The third-order valence-electron chi connectivity index (χ3n) is 5.37. The Morgan fingerprint density at radius 2 is 2.03 bits per heavy atom. The number of carbonyl (C=O) groups is 1. The third kappa shape index (κ3) is 4.00. The second kappa shape index (κ2) is 7.91. The molecule has 1 aromatic carbocycles. The molecular weight excluding hydrogens is 369 g/mol. The van der Waals surface area contributed by atoms with Gasteiger partial charge in [0, 0.05) is 30.9 Å². The summed E-state index contributed by atoms with van der Waals surface area (Å²) in [4.78, 5) is 21.8. The van der Waals surface area contributed by atoms with E-state index < -0.39 is 0 Å². The summed E-state index contributed by atoms with van der Waals surface area (Å²) >= 11 is 0. The van der Waals surface area contributed by atoms with Gasteiger partial charge in [-0.2, -0.15) is 5.10 Å². The molecule has 7 heteroatoms. The number of amides is 1. The van der Waals surface area contributed by atoms with Crippen LogP contribution in [0.5, 0.6) is 0 Å². The van der Waals surface area contributed by atoms with Crippen molar-refractivity contribution in [1.29, 1.82) is 0 Å². The number of aryl methyl sites for hydroxylation is 1. The number of likely N-dealkylation sites (tertiary alicyclic amines) is 1. The van der Waals surface area contributed by atoms with Gasteiger partial charge >= 0.3 is 0 Å². The van der Waals surface area contributed by atoms with E-state index in [9.17, 15) is 9.18 Å². The van der Waals surface area contributed by atoms with Crippen molar-refractivity contribution in [3.8, 4) is 0 Å². The first-order valence-electron chi connectivity index (χ1n) is 9.95. The average molecular weight is 395 g/mol. The van der Waals surface area contributed by atoms with Gasteiger partial charge in [-0.25, -0.2) is 13.9 Å². The summed E-state index contributed by atoms with van der Waals surface area (Å²) in [5.41, 5.74) is 4.66. The summed E-state index contributed by atoms with van der Waals surface area (Å²) in [6.07, 6.45) is 4.03. The summed E-state index contributed by atoms with van der Waals surface area (Å²) in [5.74, 6) is -0.231. The highest BCUT2D eigenvalue weighted by molar-refractivity contribution is 5.79. The second-order valence-electron chi connectivity index (χ2n) is 8.01. The molecule has 2 aromatic heterocycles. The van der Waals surface area contributed by atoms with Crippen molar-refractivity contribution < 1.29 is 9.18 Å². The minimum atomic E-state index is -0.290. The van der Waals surface area contributed by atoms with Gasteiger partial charge in [0.2, 0.25) is 5.91 Å². The van der Waals surface area contributed by atoms with Crippen LogP contribution >= 0.6 is 0 Å². The highest BCUT2D eigenvalue weighted by Gasteiger charge is 2.33. The Morgan fingerprint density at radius 3 is 2.76 bits per heavy atom. The van der Waals surface area contributed by atoms with Crippen LogP contribution < -0.4 is 0 Å². The Hall–Kier alpha value is -2.80. The molecule has 0 spiro atoms. The molecule has 1 atom stereocenters. The molecule has 4 rings (SSSR count). The smallest absolute Gasteiger partial charge is 0.227 e. The average Bonchev–Trinajstić information content (AvgIpc) is 3.29. The predicted molar refractivity (Wildman–Crippen MR) is 109 cm³/mol. The lowest BCUT2D eigenvalue weighted by Gasteiger charge is -2.28. The van der Waals surface area contributed by atoms with Gasteiger partial charge in [0.1, 0.15) is 5.82 Å². The third-order valence-corrected chi connectivity index (χ3v) is 5.37. The predicted octanol–water partition coefficient (Wildman–Crippen LogP) is 3.14. The number of benzene rings is 1. The number of rotatable bonds is 5. The van der Waals surface area contributed by atoms with E-state index in [1.807, 2.05) is 42.7 Å². The minimum Gasteiger partial charge on any atom is -0.334 e. The van der Waals surface area contributed by atoms with Crippen molar-refractivity contribution in [2.45, 2.75) is 38.8 Å². The Labute approximate surface area is 170 Å². The van der Waals surface area contributed by atoms with Gasteiger partial charge in [-0.3, -0.25) is 4.79 Å². The fourth-order valence-electron chi connectivity index (χ4n) is 4.15. The number of aromatic nitrogens is 3. The van der Waals surface area contributed by atoms with E-state index in [4.69, 9.17) is 0 Å². The Morgan fingerprint density at radius 1 is 1.28 bits per heavy atom. The van der Waals surface area contributed by atoms with Crippen LogP contribution in [0.15, 0.2) is 36.5 Å². The van der Waals surface area contributed by atoms with Crippen LogP contribution in [0.25, 0.3) is 5.65 Å². The first kappa shape index (κ1) is 19.5. The fourth-order valence-corrected chi connectivity index (χ4v) is 4.15. The molecule has 1 unspecified atom stereocenters. The lowest BCUT2D eigenvalue weighted by molar-refractivity contribution is -0.131. The molecule has 0 aliphatic carbocycles. The first-order chi connectivity index (χ1) is 13.9. The number of fused-ring (bicyclic) bond motifs is 1. The number of nitrogens with zero attached hydrogens (tertiary/aromatic N) is 5.